The second-order valence-corrected chi connectivity index (χ2v) is 4.70. The van der Waals surface area contributed by atoms with E-state index in [1.54, 1.807) is 0 Å². The van der Waals surface area contributed by atoms with Crippen molar-refractivity contribution in [3.8, 4) is 0 Å². The van der Waals surface area contributed by atoms with Gasteiger partial charge in [0.05, 0.1) is 0 Å². The lowest BCUT2D eigenvalue weighted by atomic mass is 10.1. The van der Waals surface area contributed by atoms with Gasteiger partial charge in [-0.05, 0) is 18.1 Å². The molecule has 0 bridgehead atoms. The molecule has 0 amide bonds. The molecule has 104 valence electrons. The van der Waals surface area contributed by atoms with Crippen LogP contribution in [0, 0.1) is 0 Å². The number of rotatable bonds is 5. The summed E-state index contributed by atoms with van der Waals surface area (Å²) in [5, 5.41) is 15.1. The Labute approximate surface area is 118 Å². The standard InChI is InChI=1S/C16H19N3O/c1-12(14-5-3-2-4-6-14)18-11-13-7-9-15(10-8-13)16(17)19-20/h2-10,12,18,20H,11H2,1H3,(H2,17,19). The Bertz CT molecular complexity index is 564. The van der Waals surface area contributed by atoms with Gasteiger partial charge in [-0.1, -0.05) is 59.8 Å². The molecule has 0 fully saturated rings. The fraction of sp³-hybridized carbons (Fsp3) is 0.188. The predicted molar refractivity (Wildman–Crippen MR) is 80.6 cm³/mol. The smallest absolute Gasteiger partial charge is 0.170 e. The maximum atomic E-state index is 8.61. The van der Waals surface area contributed by atoms with Gasteiger partial charge < -0.3 is 16.3 Å². The zero-order valence-corrected chi connectivity index (χ0v) is 11.5. The summed E-state index contributed by atoms with van der Waals surface area (Å²) >= 11 is 0. The number of hydrogen-bond donors (Lipinski definition) is 3. The van der Waals surface area contributed by atoms with Crippen LogP contribution in [0.15, 0.2) is 59.8 Å². The van der Waals surface area contributed by atoms with Crippen molar-refractivity contribution in [1.82, 2.24) is 5.32 Å². The summed E-state index contributed by atoms with van der Waals surface area (Å²) < 4.78 is 0. The second-order valence-electron chi connectivity index (χ2n) is 4.70. The molecule has 0 saturated carbocycles. The molecule has 0 heterocycles. The van der Waals surface area contributed by atoms with E-state index in [9.17, 15) is 0 Å². The number of nitrogens with two attached hydrogens (primary N) is 1. The number of oxime groups is 1. The first-order chi connectivity index (χ1) is 9.70. The molecule has 20 heavy (non-hydrogen) atoms. The van der Waals surface area contributed by atoms with Crippen molar-refractivity contribution in [3.05, 3.63) is 71.3 Å². The number of benzene rings is 2. The summed E-state index contributed by atoms with van der Waals surface area (Å²) in [4.78, 5) is 0. The van der Waals surface area contributed by atoms with Crippen molar-refractivity contribution in [3.63, 3.8) is 0 Å². The highest BCUT2D eigenvalue weighted by atomic mass is 16.4. The molecule has 1 atom stereocenters. The summed E-state index contributed by atoms with van der Waals surface area (Å²) in [6.45, 7) is 2.91. The number of amidine groups is 1. The number of nitrogens with one attached hydrogen (secondary N) is 1. The highest BCUT2D eigenvalue weighted by molar-refractivity contribution is 5.96. The Hall–Kier alpha value is -2.33. The molecule has 0 aliphatic rings. The van der Waals surface area contributed by atoms with E-state index in [0.717, 1.165) is 12.1 Å². The van der Waals surface area contributed by atoms with E-state index >= 15 is 0 Å². The highest BCUT2D eigenvalue weighted by Gasteiger charge is 2.04. The third kappa shape index (κ3) is 3.59. The lowest BCUT2D eigenvalue weighted by Gasteiger charge is -2.14. The van der Waals surface area contributed by atoms with Crippen LogP contribution < -0.4 is 11.1 Å². The first-order valence-electron chi connectivity index (χ1n) is 6.56. The molecular weight excluding hydrogens is 250 g/mol. The largest absolute Gasteiger partial charge is 0.409 e. The van der Waals surface area contributed by atoms with Gasteiger partial charge in [-0.2, -0.15) is 0 Å². The maximum absolute atomic E-state index is 8.61. The zero-order chi connectivity index (χ0) is 14.4. The number of hydrogen-bond acceptors (Lipinski definition) is 3. The molecule has 1 unspecified atom stereocenters. The van der Waals surface area contributed by atoms with Gasteiger partial charge in [0.2, 0.25) is 0 Å². The van der Waals surface area contributed by atoms with E-state index in [2.05, 4.69) is 29.5 Å². The van der Waals surface area contributed by atoms with Crippen molar-refractivity contribution >= 4 is 5.84 Å². The van der Waals surface area contributed by atoms with E-state index in [1.165, 1.54) is 5.56 Å². The molecule has 4 heteroatoms. The zero-order valence-electron chi connectivity index (χ0n) is 11.5. The van der Waals surface area contributed by atoms with Crippen LogP contribution in [-0.2, 0) is 6.54 Å². The molecule has 2 aromatic carbocycles. The Morgan fingerprint density at radius 1 is 1.15 bits per heavy atom. The van der Waals surface area contributed by atoms with E-state index in [-0.39, 0.29) is 5.84 Å². The van der Waals surface area contributed by atoms with E-state index in [1.807, 2.05) is 42.5 Å². The Balaban J connectivity index is 1.94. The summed E-state index contributed by atoms with van der Waals surface area (Å²) in [7, 11) is 0. The molecule has 0 spiro atoms. The van der Waals surface area contributed by atoms with Crippen molar-refractivity contribution in [1.29, 1.82) is 0 Å². The van der Waals surface area contributed by atoms with Crippen LogP contribution in [0.1, 0.15) is 29.7 Å². The van der Waals surface area contributed by atoms with Crippen LogP contribution in [-0.4, -0.2) is 11.0 Å². The molecule has 0 saturated heterocycles. The summed E-state index contributed by atoms with van der Waals surface area (Å²) in [5.74, 6) is 0.127. The average molecular weight is 269 g/mol. The second kappa shape index (κ2) is 6.73. The first-order valence-corrected chi connectivity index (χ1v) is 6.56. The van der Waals surface area contributed by atoms with Gasteiger partial charge in [0.1, 0.15) is 0 Å². The molecular formula is C16H19N3O. The monoisotopic (exact) mass is 269 g/mol. The van der Waals surface area contributed by atoms with Crippen LogP contribution in [0.2, 0.25) is 0 Å². The third-order valence-corrected chi connectivity index (χ3v) is 3.27. The van der Waals surface area contributed by atoms with E-state index < -0.39 is 0 Å². The number of nitrogens with zero attached hydrogens (tertiary/aromatic N) is 1. The van der Waals surface area contributed by atoms with Gasteiger partial charge in [0, 0.05) is 18.2 Å². The maximum Gasteiger partial charge on any atom is 0.170 e. The van der Waals surface area contributed by atoms with Crippen LogP contribution in [0.25, 0.3) is 0 Å². The van der Waals surface area contributed by atoms with Crippen molar-refractivity contribution in [2.45, 2.75) is 19.5 Å². The summed E-state index contributed by atoms with van der Waals surface area (Å²) in [6, 6.07) is 18.2. The molecule has 0 radical (unpaired) electrons. The Morgan fingerprint density at radius 3 is 2.40 bits per heavy atom. The fourth-order valence-electron chi connectivity index (χ4n) is 1.98. The van der Waals surface area contributed by atoms with Crippen LogP contribution in [0.3, 0.4) is 0 Å². The summed E-state index contributed by atoms with van der Waals surface area (Å²) in [6.07, 6.45) is 0. The minimum absolute atomic E-state index is 0.127. The quantitative estimate of drug-likeness (QED) is 0.338. The van der Waals surface area contributed by atoms with Crippen LogP contribution in [0.5, 0.6) is 0 Å². The van der Waals surface area contributed by atoms with Crippen molar-refractivity contribution in [2.75, 3.05) is 0 Å². The molecule has 0 aliphatic heterocycles. The summed E-state index contributed by atoms with van der Waals surface area (Å²) in [5.41, 5.74) is 8.66. The van der Waals surface area contributed by atoms with E-state index in [0.29, 0.717) is 11.6 Å². The van der Waals surface area contributed by atoms with Gasteiger partial charge in [0.25, 0.3) is 0 Å². The minimum Gasteiger partial charge on any atom is -0.409 e. The Kier molecular flexibility index (Phi) is 4.74. The molecule has 4 nitrogen and oxygen atoms in total. The topological polar surface area (TPSA) is 70.6 Å². The first kappa shape index (κ1) is 14.1. The lowest BCUT2D eigenvalue weighted by molar-refractivity contribution is 0.318. The minimum atomic E-state index is 0.127. The van der Waals surface area contributed by atoms with Gasteiger partial charge in [-0.25, -0.2) is 0 Å². The molecule has 0 aliphatic carbocycles. The van der Waals surface area contributed by atoms with Crippen LogP contribution >= 0.6 is 0 Å². The molecule has 2 rings (SSSR count). The average Bonchev–Trinajstić information content (AvgIpc) is 2.53. The highest BCUT2D eigenvalue weighted by Crippen LogP contribution is 2.12. The normalized spacial score (nSPS) is 13.2. The van der Waals surface area contributed by atoms with Gasteiger partial charge in [-0.3, -0.25) is 0 Å². The van der Waals surface area contributed by atoms with E-state index in [4.69, 9.17) is 10.9 Å². The van der Waals surface area contributed by atoms with Gasteiger partial charge >= 0.3 is 0 Å². The predicted octanol–water partition coefficient (Wildman–Crippen LogP) is 2.63. The lowest BCUT2D eigenvalue weighted by Crippen LogP contribution is -2.18. The molecule has 0 aromatic heterocycles. The van der Waals surface area contributed by atoms with Crippen molar-refractivity contribution in [2.24, 2.45) is 10.9 Å². The fourth-order valence-corrected chi connectivity index (χ4v) is 1.98. The molecule has 4 N–H and O–H groups in total. The molecule has 2 aromatic rings. The Morgan fingerprint density at radius 2 is 1.80 bits per heavy atom. The van der Waals surface area contributed by atoms with Gasteiger partial charge in [-0.15, -0.1) is 0 Å². The van der Waals surface area contributed by atoms with Crippen molar-refractivity contribution < 1.29 is 5.21 Å². The van der Waals surface area contributed by atoms with Gasteiger partial charge in [0.15, 0.2) is 5.84 Å². The SMILES string of the molecule is CC(NCc1ccc(C(N)=NO)cc1)c1ccccc1. The third-order valence-electron chi connectivity index (χ3n) is 3.27. The van der Waals surface area contributed by atoms with Crippen LogP contribution in [0.4, 0.5) is 0 Å².